The van der Waals surface area contributed by atoms with E-state index in [2.05, 4.69) is 20.6 Å². The monoisotopic (exact) mass is 380 g/mol. The van der Waals surface area contributed by atoms with E-state index in [0.29, 0.717) is 17.1 Å². The van der Waals surface area contributed by atoms with Crippen molar-refractivity contribution in [1.29, 1.82) is 0 Å². The number of amides is 1. The van der Waals surface area contributed by atoms with Crippen molar-refractivity contribution in [2.75, 3.05) is 22.1 Å². The summed E-state index contributed by atoms with van der Waals surface area (Å²) in [6.45, 7) is 1.81. The second-order valence-electron chi connectivity index (χ2n) is 5.88. The Morgan fingerprint density at radius 1 is 1.32 bits per heavy atom. The van der Waals surface area contributed by atoms with Crippen molar-refractivity contribution in [2.24, 2.45) is 0 Å². The normalized spacial score (nSPS) is 18.7. The van der Waals surface area contributed by atoms with Gasteiger partial charge in [-0.3, -0.25) is 4.79 Å². The van der Waals surface area contributed by atoms with Crippen LogP contribution in [0.25, 0.3) is 0 Å². The molecule has 2 N–H and O–H groups in total. The first-order valence-electron chi connectivity index (χ1n) is 7.70. The lowest BCUT2D eigenvalue weighted by atomic mass is 10.2. The molecule has 0 aliphatic carbocycles. The van der Waals surface area contributed by atoms with E-state index in [1.165, 1.54) is 12.3 Å². The third kappa shape index (κ3) is 4.26. The summed E-state index contributed by atoms with van der Waals surface area (Å²) in [7, 11) is -3.00. The maximum Gasteiger partial charge on any atom is 0.274 e. The van der Waals surface area contributed by atoms with E-state index >= 15 is 0 Å². The maximum atomic E-state index is 12.4. The molecular weight excluding hydrogens is 364 g/mol. The van der Waals surface area contributed by atoms with Crippen LogP contribution in [0, 0.1) is 6.92 Å². The van der Waals surface area contributed by atoms with Gasteiger partial charge in [-0.1, -0.05) is 17.7 Å². The number of nitrogens with one attached hydrogen (secondary N) is 2. The first-order chi connectivity index (χ1) is 11.8. The quantitative estimate of drug-likeness (QED) is 0.843. The Labute approximate surface area is 150 Å². The Balaban J connectivity index is 1.72. The van der Waals surface area contributed by atoms with Gasteiger partial charge in [0.1, 0.15) is 5.69 Å². The van der Waals surface area contributed by atoms with Crippen molar-refractivity contribution in [2.45, 2.75) is 19.4 Å². The molecule has 25 heavy (non-hydrogen) atoms. The molecule has 7 nitrogen and oxygen atoms in total. The van der Waals surface area contributed by atoms with E-state index in [1.54, 1.807) is 18.2 Å². The van der Waals surface area contributed by atoms with Gasteiger partial charge < -0.3 is 10.6 Å². The number of anilines is 2. The molecule has 0 bridgehead atoms. The van der Waals surface area contributed by atoms with Crippen LogP contribution in [0.2, 0.25) is 5.02 Å². The van der Waals surface area contributed by atoms with Crippen molar-refractivity contribution < 1.29 is 13.2 Å². The van der Waals surface area contributed by atoms with Crippen LogP contribution in [0.1, 0.15) is 22.5 Å². The number of nitrogens with zero attached hydrogens (tertiary/aromatic N) is 2. The standard InChI is InChI=1S/C16H17ClN4O3S/c1-10-12(17)3-2-4-13(10)20-15(22)14-5-7-18-16(21-14)19-11-6-8-25(23,24)9-11/h2-5,7,11H,6,8-9H2,1H3,(H,20,22)(H,18,19,21). The van der Waals surface area contributed by atoms with Crippen LogP contribution in [0.4, 0.5) is 11.6 Å². The fraction of sp³-hybridized carbons (Fsp3) is 0.312. The van der Waals surface area contributed by atoms with Crippen LogP contribution in [0.3, 0.4) is 0 Å². The zero-order valence-electron chi connectivity index (χ0n) is 13.5. The molecule has 1 amide bonds. The molecule has 1 aliphatic rings. The number of hydrogen-bond acceptors (Lipinski definition) is 6. The summed E-state index contributed by atoms with van der Waals surface area (Å²) >= 11 is 6.05. The van der Waals surface area contributed by atoms with Crippen LogP contribution in [-0.4, -0.2) is 41.8 Å². The molecular formula is C16H17ClN4O3S. The lowest BCUT2D eigenvalue weighted by molar-refractivity contribution is 0.102. The minimum Gasteiger partial charge on any atom is -0.350 e. The van der Waals surface area contributed by atoms with Gasteiger partial charge in [0.25, 0.3) is 5.91 Å². The van der Waals surface area contributed by atoms with Gasteiger partial charge in [0.2, 0.25) is 5.95 Å². The Hall–Kier alpha value is -2.19. The van der Waals surface area contributed by atoms with Crippen molar-refractivity contribution in [1.82, 2.24) is 9.97 Å². The predicted octanol–water partition coefficient (Wildman–Crippen LogP) is 2.29. The number of aromatic nitrogens is 2. The fourth-order valence-electron chi connectivity index (χ4n) is 2.58. The Morgan fingerprint density at radius 3 is 2.84 bits per heavy atom. The summed E-state index contributed by atoms with van der Waals surface area (Å²) < 4.78 is 23.0. The second kappa shape index (κ2) is 6.97. The van der Waals surface area contributed by atoms with Gasteiger partial charge in [-0.05, 0) is 37.1 Å². The molecule has 1 aromatic heterocycles. The number of carbonyl (C=O) groups excluding carboxylic acids is 1. The summed E-state index contributed by atoms with van der Waals surface area (Å²) in [6.07, 6.45) is 1.96. The Bertz CT molecular complexity index is 917. The maximum absolute atomic E-state index is 12.4. The number of carbonyl (C=O) groups is 1. The number of benzene rings is 1. The number of sulfone groups is 1. The zero-order valence-corrected chi connectivity index (χ0v) is 15.1. The summed E-state index contributed by atoms with van der Waals surface area (Å²) in [5.74, 6) is 0.0420. The van der Waals surface area contributed by atoms with Crippen molar-refractivity contribution >= 4 is 39.0 Å². The topological polar surface area (TPSA) is 101 Å². The number of hydrogen-bond donors (Lipinski definition) is 2. The molecule has 1 aromatic carbocycles. The van der Waals surface area contributed by atoms with Crippen LogP contribution in [-0.2, 0) is 9.84 Å². The van der Waals surface area contributed by atoms with Crippen LogP contribution >= 0.6 is 11.6 Å². The highest BCUT2D eigenvalue weighted by molar-refractivity contribution is 7.91. The third-order valence-electron chi connectivity index (χ3n) is 3.97. The van der Waals surface area contributed by atoms with Crippen LogP contribution < -0.4 is 10.6 Å². The molecule has 2 heterocycles. The van der Waals surface area contributed by atoms with Gasteiger partial charge in [-0.25, -0.2) is 18.4 Å². The molecule has 0 radical (unpaired) electrons. The summed E-state index contributed by atoms with van der Waals surface area (Å²) in [6, 6.07) is 6.50. The highest BCUT2D eigenvalue weighted by Gasteiger charge is 2.28. The molecule has 132 valence electrons. The van der Waals surface area contributed by atoms with E-state index in [0.717, 1.165) is 5.56 Å². The van der Waals surface area contributed by atoms with Gasteiger partial charge in [-0.15, -0.1) is 0 Å². The average Bonchev–Trinajstić information content (AvgIpc) is 2.90. The Kier molecular flexibility index (Phi) is 4.91. The third-order valence-corrected chi connectivity index (χ3v) is 6.15. The van der Waals surface area contributed by atoms with E-state index < -0.39 is 15.7 Å². The van der Waals surface area contributed by atoms with Crippen LogP contribution in [0.15, 0.2) is 30.5 Å². The highest BCUT2D eigenvalue weighted by Crippen LogP contribution is 2.23. The van der Waals surface area contributed by atoms with E-state index in [-0.39, 0.29) is 29.2 Å². The molecule has 1 fully saturated rings. The molecule has 9 heteroatoms. The van der Waals surface area contributed by atoms with Crippen molar-refractivity contribution in [3.63, 3.8) is 0 Å². The van der Waals surface area contributed by atoms with Crippen LogP contribution in [0.5, 0.6) is 0 Å². The van der Waals surface area contributed by atoms with Gasteiger partial charge in [0.15, 0.2) is 9.84 Å². The zero-order chi connectivity index (χ0) is 18.0. The van der Waals surface area contributed by atoms with Gasteiger partial charge >= 0.3 is 0 Å². The second-order valence-corrected chi connectivity index (χ2v) is 8.51. The molecule has 1 aliphatic heterocycles. The van der Waals surface area contributed by atoms with E-state index in [9.17, 15) is 13.2 Å². The molecule has 2 aromatic rings. The van der Waals surface area contributed by atoms with Gasteiger partial charge in [-0.2, -0.15) is 0 Å². The predicted molar refractivity (Wildman–Crippen MR) is 96.9 cm³/mol. The smallest absolute Gasteiger partial charge is 0.274 e. The SMILES string of the molecule is Cc1c(Cl)cccc1NC(=O)c1ccnc(NC2CCS(=O)(=O)C2)n1. The summed E-state index contributed by atoms with van der Waals surface area (Å²) in [5.41, 5.74) is 1.55. The average molecular weight is 381 g/mol. The van der Waals surface area contributed by atoms with Crippen molar-refractivity contribution in [3.05, 3.63) is 46.7 Å². The minimum absolute atomic E-state index is 0.0501. The molecule has 3 rings (SSSR count). The number of rotatable bonds is 4. The first-order valence-corrected chi connectivity index (χ1v) is 9.90. The van der Waals surface area contributed by atoms with Gasteiger partial charge in [0, 0.05) is 22.9 Å². The molecule has 1 unspecified atom stereocenters. The molecule has 1 atom stereocenters. The molecule has 0 saturated carbocycles. The minimum atomic E-state index is -3.00. The van der Waals surface area contributed by atoms with E-state index in [1.807, 2.05) is 6.92 Å². The fourth-order valence-corrected chi connectivity index (χ4v) is 4.42. The first kappa shape index (κ1) is 17.6. The lowest BCUT2D eigenvalue weighted by Crippen LogP contribution is -2.23. The number of halogens is 1. The Morgan fingerprint density at radius 2 is 2.12 bits per heavy atom. The highest BCUT2D eigenvalue weighted by atomic mass is 35.5. The molecule has 0 spiro atoms. The lowest BCUT2D eigenvalue weighted by Gasteiger charge is -2.12. The van der Waals surface area contributed by atoms with Gasteiger partial charge in [0.05, 0.1) is 11.5 Å². The summed E-state index contributed by atoms with van der Waals surface area (Å²) in [4.78, 5) is 20.6. The summed E-state index contributed by atoms with van der Waals surface area (Å²) in [5, 5.41) is 6.30. The largest absolute Gasteiger partial charge is 0.350 e. The van der Waals surface area contributed by atoms with E-state index in [4.69, 9.17) is 11.6 Å². The molecule has 1 saturated heterocycles. The van der Waals surface area contributed by atoms with Crippen molar-refractivity contribution in [3.8, 4) is 0 Å².